The van der Waals surface area contributed by atoms with Crippen LogP contribution in [0.2, 0.25) is 10.0 Å². The maximum Gasteiger partial charge on any atom is 0.274 e. The van der Waals surface area contributed by atoms with E-state index >= 15 is 0 Å². The Morgan fingerprint density at radius 2 is 1.91 bits per heavy atom. The molecule has 0 bridgehead atoms. The summed E-state index contributed by atoms with van der Waals surface area (Å²) in [5.74, 6) is 0.676. The van der Waals surface area contributed by atoms with Crippen molar-refractivity contribution in [1.82, 2.24) is 9.97 Å². The second-order valence-corrected chi connectivity index (χ2v) is 5.34. The second kappa shape index (κ2) is 7.24. The number of carbonyl (C=O) groups is 1. The third kappa shape index (κ3) is 4.44. The van der Waals surface area contributed by atoms with Gasteiger partial charge in [0.2, 0.25) is 0 Å². The van der Waals surface area contributed by atoms with E-state index in [9.17, 15) is 4.79 Å². The number of rotatable bonds is 5. The van der Waals surface area contributed by atoms with Gasteiger partial charge in [-0.2, -0.15) is 0 Å². The molecule has 0 fully saturated rings. The summed E-state index contributed by atoms with van der Waals surface area (Å²) in [6.45, 7) is 5.88. The topological polar surface area (TPSA) is 66.9 Å². The van der Waals surface area contributed by atoms with Crippen LogP contribution in [0.15, 0.2) is 36.9 Å². The van der Waals surface area contributed by atoms with Gasteiger partial charge >= 0.3 is 0 Å². The van der Waals surface area contributed by atoms with Crippen LogP contribution in [0.25, 0.3) is 0 Å². The minimum absolute atomic E-state index is 0.246. The van der Waals surface area contributed by atoms with Gasteiger partial charge < -0.3 is 10.6 Å². The normalized spacial score (nSPS) is 10.1. The molecule has 1 amide bonds. The van der Waals surface area contributed by atoms with Crippen molar-refractivity contribution in [2.45, 2.75) is 6.92 Å². The molecular formula is C15H14Cl2N4O. The Kier molecular flexibility index (Phi) is 5.35. The average Bonchev–Trinajstić information content (AvgIpc) is 2.43. The van der Waals surface area contributed by atoms with Gasteiger partial charge in [0.15, 0.2) is 0 Å². The summed E-state index contributed by atoms with van der Waals surface area (Å²) in [5, 5.41) is 6.61. The van der Waals surface area contributed by atoms with Crippen molar-refractivity contribution in [2.24, 2.45) is 0 Å². The van der Waals surface area contributed by atoms with Crippen molar-refractivity contribution in [3.8, 4) is 0 Å². The lowest BCUT2D eigenvalue weighted by molar-refractivity contribution is 0.102. The van der Waals surface area contributed by atoms with E-state index in [0.717, 1.165) is 0 Å². The van der Waals surface area contributed by atoms with Crippen LogP contribution in [0.4, 0.5) is 11.5 Å². The maximum atomic E-state index is 12.3. The molecule has 2 aromatic rings. The first-order valence-corrected chi connectivity index (χ1v) is 7.21. The summed E-state index contributed by atoms with van der Waals surface area (Å²) in [6.07, 6.45) is 1.70. The quantitative estimate of drug-likeness (QED) is 0.811. The molecule has 1 aromatic carbocycles. The molecule has 114 valence electrons. The number of aromatic nitrogens is 2. The molecule has 0 aliphatic rings. The Hall–Kier alpha value is -2.11. The molecule has 7 heteroatoms. The Labute approximate surface area is 138 Å². The summed E-state index contributed by atoms with van der Waals surface area (Å²) in [5.41, 5.74) is 0.745. The monoisotopic (exact) mass is 336 g/mol. The SMILES string of the molecule is C=CCNc1cc(C(=O)Nc2cc(Cl)cc(Cl)c2)nc(C)n1. The van der Waals surface area contributed by atoms with E-state index in [1.165, 1.54) is 0 Å². The maximum absolute atomic E-state index is 12.3. The molecular weight excluding hydrogens is 323 g/mol. The van der Waals surface area contributed by atoms with Crippen molar-refractivity contribution >= 4 is 40.6 Å². The zero-order chi connectivity index (χ0) is 16.1. The fraction of sp³-hybridized carbons (Fsp3) is 0.133. The van der Waals surface area contributed by atoms with Gasteiger partial charge in [0.05, 0.1) is 0 Å². The molecule has 2 N–H and O–H groups in total. The van der Waals surface area contributed by atoms with Gasteiger partial charge in [-0.25, -0.2) is 9.97 Å². The van der Waals surface area contributed by atoms with E-state index in [2.05, 4.69) is 27.2 Å². The molecule has 0 spiro atoms. The molecule has 0 unspecified atom stereocenters. The first-order chi connectivity index (χ1) is 10.5. The van der Waals surface area contributed by atoms with Crippen LogP contribution >= 0.6 is 23.2 Å². The lowest BCUT2D eigenvalue weighted by atomic mass is 10.3. The summed E-state index contributed by atoms with van der Waals surface area (Å²) in [6, 6.07) is 6.37. The van der Waals surface area contributed by atoms with Crippen LogP contribution in [0.5, 0.6) is 0 Å². The minimum Gasteiger partial charge on any atom is -0.366 e. The number of amides is 1. The van der Waals surface area contributed by atoms with Crippen molar-refractivity contribution < 1.29 is 4.79 Å². The number of nitrogens with zero attached hydrogens (tertiary/aromatic N) is 2. The van der Waals surface area contributed by atoms with Gasteiger partial charge in [-0.1, -0.05) is 29.3 Å². The zero-order valence-corrected chi connectivity index (χ0v) is 13.4. The van der Waals surface area contributed by atoms with E-state index in [1.54, 1.807) is 37.3 Å². The molecule has 2 rings (SSSR count). The van der Waals surface area contributed by atoms with Crippen molar-refractivity contribution in [3.63, 3.8) is 0 Å². The van der Waals surface area contributed by atoms with Gasteiger partial charge in [0.1, 0.15) is 17.3 Å². The van der Waals surface area contributed by atoms with E-state index in [1.807, 2.05) is 0 Å². The Balaban J connectivity index is 2.21. The molecule has 0 aliphatic carbocycles. The van der Waals surface area contributed by atoms with Crippen molar-refractivity contribution in [2.75, 3.05) is 17.2 Å². The van der Waals surface area contributed by atoms with E-state index in [-0.39, 0.29) is 11.6 Å². The third-order valence-electron chi connectivity index (χ3n) is 2.62. The Morgan fingerprint density at radius 1 is 1.23 bits per heavy atom. The first-order valence-electron chi connectivity index (χ1n) is 6.46. The molecule has 0 saturated carbocycles. The summed E-state index contributed by atoms with van der Waals surface area (Å²) in [4.78, 5) is 20.6. The summed E-state index contributed by atoms with van der Waals surface area (Å²) >= 11 is 11.8. The van der Waals surface area contributed by atoms with Crippen LogP contribution in [0.3, 0.4) is 0 Å². The Bertz CT molecular complexity index is 698. The third-order valence-corrected chi connectivity index (χ3v) is 3.05. The first kappa shape index (κ1) is 16.3. The van der Waals surface area contributed by atoms with Gasteiger partial charge in [-0.15, -0.1) is 6.58 Å². The number of nitrogens with one attached hydrogen (secondary N) is 2. The van der Waals surface area contributed by atoms with E-state index in [4.69, 9.17) is 23.2 Å². The molecule has 1 heterocycles. The number of aryl methyl sites for hydroxylation is 1. The van der Waals surface area contributed by atoms with Gasteiger partial charge in [0.25, 0.3) is 5.91 Å². The fourth-order valence-electron chi connectivity index (χ4n) is 1.77. The second-order valence-electron chi connectivity index (χ2n) is 4.47. The highest BCUT2D eigenvalue weighted by atomic mass is 35.5. The van der Waals surface area contributed by atoms with Crippen LogP contribution in [0.1, 0.15) is 16.3 Å². The highest BCUT2D eigenvalue weighted by molar-refractivity contribution is 6.35. The molecule has 5 nitrogen and oxygen atoms in total. The average molecular weight is 337 g/mol. The number of benzene rings is 1. The number of carbonyl (C=O) groups excluding carboxylic acids is 1. The van der Waals surface area contributed by atoms with Gasteiger partial charge in [-0.05, 0) is 25.1 Å². The smallest absolute Gasteiger partial charge is 0.274 e. The fourth-order valence-corrected chi connectivity index (χ4v) is 2.30. The highest BCUT2D eigenvalue weighted by Crippen LogP contribution is 2.23. The molecule has 0 aliphatic heterocycles. The molecule has 1 aromatic heterocycles. The van der Waals surface area contributed by atoms with Crippen LogP contribution in [0, 0.1) is 6.92 Å². The molecule has 0 radical (unpaired) electrons. The van der Waals surface area contributed by atoms with Crippen LogP contribution in [-0.2, 0) is 0 Å². The van der Waals surface area contributed by atoms with Crippen molar-refractivity contribution in [3.05, 3.63) is 58.5 Å². The van der Waals surface area contributed by atoms with Gasteiger partial charge in [0, 0.05) is 28.3 Å². The van der Waals surface area contributed by atoms with E-state index in [0.29, 0.717) is 33.9 Å². The highest BCUT2D eigenvalue weighted by Gasteiger charge is 2.11. The summed E-state index contributed by atoms with van der Waals surface area (Å²) in [7, 11) is 0. The number of anilines is 2. The summed E-state index contributed by atoms with van der Waals surface area (Å²) < 4.78 is 0. The minimum atomic E-state index is -0.370. The predicted molar refractivity (Wildman–Crippen MR) is 89.9 cm³/mol. The molecule has 22 heavy (non-hydrogen) atoms. The standard InChI is InChI=1S/C15H14Cl2N4O/c1-3-4-18-14-8-13(19-9(2)20-14)15(22)21-12-6-10(16)5-11(17)7-12/h3,5-8H,1,4H2,2H3,(H,21,22)(H,18,19,20). The van der Waals surface area contributed by atoms with Crippen LogP contribution < -0.4 is 10.6 Å². The van der Waals surface area contributed by atoms with Gasteiger partial charge in [-0.3, -0.25) is 4.79 Å². The van der Waals surface area contributed by atoms with E-state index < -0.39 is 0 Å². The zero-order valence-electron chi connectivity index (χ0n) is 11.9. The number of halogens is 2. The van der Waals surface area contributed by atoms with Crippen molar-refractivity contribution in [1.29, 1.82) is 0 Å². The lowest BCUT2D eigenvalue weighted by Crippen LogP contribution is -2.16. The van der Waals surface area contributed by atoms with Crippen LogP contribution in [-0.4, -0.2) is 22.4 Å². The molecule has 0 atom stereocenters. The lowest BCUT2D eigenvalue weighted by Gasteiger charge is -2.08. The molecule has 0 saturated heterocycles. The predicted octanol–water partition coefficient (Wildman–Crippen LogP) is 3.94. The largest absolute Gasteiger partial charge is 0.366 e. The number of hydrogen-bond donors (Lipinski definition) is 2. The number of hydrogen-bond acceptors (Lipinski definition) is 4. The Morgan fingerprint density at radius 3 is 2.55 bits per heavy atom.